The van der Waals surface area contributed by atoms with Gasteiger partial charge in [0.25, 0.3) is 0 Å². The Balaban J connectivity index is 2.33. The van der Waals surface area contributed by atoms with Crippen molar-refractivity contribution in [2.75, 3.05) is 5.73 Å². The molecule has 0 saturated heterocycles. The van der Waals surface area contributed by atoms with Crippen LogP contribution in [0.1, 0.15) is 12.5 Å². The van der Waals surface area contributed by atoms with Crippen LogP contribution in [0.15, 0.2) is 23.7 Å². The smallest absolute Gasteiger partial charge is 0.180 e. The molecule has 0 unspecified atom stereocenters. The topological polar surface area (TPSA) is 51.8 Å². The van der Waals surface area contributed by atoms with Crippen molar-refractivity contribution >= 4 is 16.5 Å². The average Bonchev–Trinajstić information content (AvgIpc) is 2.65. The van der Waals surface area contributed by atoms with Gasteiger partial charge in [-0.3, -0.25) is 4.98 Å². The number of thiazole rings is 1. The molecule has 2 N–H and O–H groups in total. The number of pyridine rings is 1. The quantitative estimate of drug-likeness (QED) is 0.818. The van der Waals surface area contributed by atoms with Crippen LogP contribution in [0.25, 0.3) is 11.4 Å². The van der Waals surface area contributed by atoms with E-state index in [2.05, 4.69) is 23.0 Å². The Morgan fingerprint density at radius 1 is 1.36 bits per heavy atom. The molecule has 4 heteroatoms. The zero-order valence-corrected chi connectivity index (χ0v) is 8.71. The predicted molar refractivity (Wildman–Crippen MR) is 59.1 cm³/mol. The summed E-state index contributed by atoms with van der Waals surface area (Å²) < 4.78 is 0. The van der Waals surface area contributed by atoms with Crippen molar-refractivity contribution in [3.63, 3.8) is 0 Å². The molecular formula is C10H11N3S. The van der Waals surface area contributed by atoms with Crippen LogP contribution in [0, 0.1) is 0 Å². The van der Waals surface area contributed by atoms with E-state index in [1.54, 1.807) is 0 Å². The fraction of sp³-hybridized carbons (Fsp3) is 0.200. The molecule has 0 atom stereocenters. The van der Waals surface area contributed by atoms with E-state index in [4.69, 9.17) is 5.73 Å². The second-order valence-electron chi connectivity index (χ2n) is 2.98. The first kappa shape index (κ1) is 9.15. The number of aryl methyl sites for hydroxylation is 1. The van der Waals surface area contributed by atoms with Crippen LogP contribution >= 0.6 is 11.3 Å². The molecule has 2 aromatic rings. The first-order valence-electron chi connectivity index (χ1n) is 4.46. The second-order valence-corrected chi connectivity index (χ2v) is 3.87. The number of nitrogen functional groups attached to an aromatic ring is 1. The number of nitrogens with two attached hydrogens (primary N) is 1. The third-order valence-corrected chi connectivity index (χ3v) is 2.69. The number of hydrogen-bond acceptors (Lipinski definition) is 4. The van der Waals surface area contributed by atoms with Crippen LogP contribution in [0.5, 0.6) is 0 Å². The van der Waals surface area contributed by atoms with E-state index in [1.807, 2.05) is 17.6 Å². The maximum atomic E-state index is 5.55. The molecule has 0 spiro atoms. The van der Waals surface area contributed by atoms with Crippen molar-refractivity contribution in [2.24, 2.45) is 0 Å². The molecule has 0 aromatic carbocycles. The van der Waals surface area contributed by atoms with Crippen LogP contribution in [0.3, 0.4) is 0 Å². The largest absolute Gasteiger partial charge is 0.375 e. The number of hydrogen-bond donors (Lipinski definition) is 1. The highest BCUT2D eigenvalue weighted by Gasteiger charge is 2.02. The van der Waals surface area contributed by atoms with Crippen molar-refractivity contribution in [3.8, 4) is 11.4 Å². The van der Waals surface area contributed by atoms with Crippen molar-refractivity contribution in [1.29, 1.82) is 0 Å². The SMILES string of the molecule is CCc1ccc(-c2csc(N)n2)nc1. The van der Waals surface area contributed by atoms with Crippen LogP contribution in [0.2, 0.25) is 0 Å². The molecule has 72 valence electrons. The summed E-state index contributed by atoms with van der Waals surface area (Å²) in [6.07, 6.45) is 2.89. The van der Waals surface area contributed by atoms with Crippen molar-refractivity contribution in [2.45, 2.75) is 13.3 Å². The van der Waals surface area contributed by atoms with Gasteiger partial charge in [-0.1, -0.05) is 13.0 Å². The maximum absolute atomic E-state index is 5.55. The summed E-state index contributed by atoms with van der Waals surface area (Å²) in [6, 6.07) is 4.05. The first-order valence-corrected chi connectivity index (χ1v) is 5.34. The van der Waals surface area contributed by atoms with Gasteiger partial charge >= 0.3 is 0 Å². The molecule has 14 heavy (non-hydrogen) atoms. The maximum Gasteiger partial charge on any atom is 0.180 e. The number of aromatic nitrogens is 2. The molecule has 0 bridgehead atoms. The number of anilines is 1. The number of nitrogens with zero attached hydrogens (tertiary/aromatic N) is 2. The Hall–Kier alpha value is -1.42. The van der Waals surface area contributed by atoms with Gasteiger partial charge in [0.05, 0.1) is 5.69 Å². The Labute approximate surface area is 86.6 Å². The van der Waals surface area contributed by atoms with Crippen LogP contribution in [-0.4, -0.2) is 9.97 Å². The van der Waals surface area contributed by atoms with Crippen LogP contribution in [-0.2, 0) is 6.42 Å². The first-order chi connectivity index (χ1) is 6.79. The summed E-state index contributed by atoms with van der Waals surface area (Å²) in [5, 5.41) is 2.50. The van der Waals surface area contributed by atoms with E-state index in [0.29, 0.717) is 5.13 Å². The van der Waals surface area contributed by atoms with Gasteiger partial charge in [-0.05, 0) is 18.1 Å². The van der Waals surface area contributed by atoms with Gasteiger partial charge in [0.1, 0.15) is 5.69 Å². The molecule has 2 aromatic heterocycles. The third kappa shape index (κ3) is 1.75. The van der Waals surface area contributed by atoms with Gasteiger partial charge in [-0.25, -0.2) is 4.98 Å². The lowest BCUT2D eigenvalue weighted by Gasteiger charge is -1.97. The van der Waals surface area contributed by atoms with Crippen molar-refractivity contribution in [1.82, 2.24) is 9.97 Å². The van der Waals surface area contributed by atoms with Gasteiger partial charge in [-0.15, -0.1) is 11.3 Å². The summed E-state index contributed by atoms with van der Waals surface area (Å²) in [4.78, 5) is 8.49. The van der Waals surface area contributed by atoms with Gasteiger partial charge in [0.15, 0.2) is 5.13 Å². The highest BCUT2D eigenvalue weighted by Crippen LogP contribution is 2.21. The van der Waals surface area contributed by atoms with E-state index in [1.165, 1.54) is 16.9 Å². The minimum atomic E-state index is 0.585. The molecule has 3 nitrogen and oxygen atoms in total. The van der Waals surface area contributed by atoms with E-state index < -0.39 is 0 Å². The molecule has 0 amide bonds. The minimum absolute atomic E-state index is 0.585. The zero-order valence-electron chi connectivity index (χ0n) is 7.90. The Morgan fingerprint density at radius 2 is 2.21 bits per heavy atom. The normalized spacial score (nSPS) is 10.4. The number of rotatable bonds is 2. The molecule has 0 aliphatic carbocycles. The van der Waals surface area contributed by atoms with Crippen LogP contribution in [0.4, 0.5) is 5.13 Å². The third-order valence-electron chi connectivity index (χ3n) is 2.02. The highest BCUT2D eigenvalue weighted by molar-refractivity contribution is 7.13. The Bertz CT molecular complexity index is 419. The van der Waals surface area contributed by atoms with Crippen molar-refractivity contribution < 1.29 is 0 Å². The molecule has 0 fully saturated rings. The predicted octanol–water partition coefficient (Wildman–Crippen LogP) is 2.35. The molecule has 2 rings (SSSR count). The molecule has 0 saturated carbocycles. The van der Waals surface area contributed by atoms with E-state index in [0.717, 1.165) is 17.8 Å². The summed E-state index contributed by atoms with van der Waals surface area (Å²) >= 11 is 1.44. The Kier molecular flexibility index (Phi) is 2.45. The van der Waals surface area contributed by atoms with Gasteiger partial charge < -0.3 is 5.73 Å². The van der Waals surface area contributed by atoms with Gasteiger partial charge in [0.2, 0.25) is 0 Å². The summed E-state index contributed by atoms with van der Waals surface area (Å²) in [5.74, 6) is 0. The lowest BCUT2D eigenvalue weighted by Crippen LogP contribution is -1.87. The van der Waals surface area contributed by atoms with E-state index >= 15 is 0 Å². The van der Waals surface area contributed by atoms with Crippen molar-refractivity contribution in [3.05, 3.63) is 29.3 Å². The minimum Gasteiger partial charge on any atom is -0.375 e. The molecule has 0 aliphatic heterocycles. The molecular weight excluding hydrogens is 194 g/mol. The van der Waals surface area contributed by atoms with E-state index in [-0.39, 0.29) is 0 Å². The molecule has 0 radical (unpaired) electrons. The highest BCUT2D eigenvalue weighted by atomic mass is 32.1. The average molecular weight is 205 g/mol. The van der Waals surface area contributed by atoms with Gasteiger partial charge in [-0.2, -0.15) is 0 Å². The standard InChI is InChI=1S/C10H11N3S/c1-2-7-3-4-8(12-5-7)9-6-14-10(11)13-9/h3-6H,2H2,1H3,(H2,11,13). The fourth-order valence-electron chi connectivity index (χ4n) is 1.19. The van der Waals surface area contributed by atoms with Crippen LogP contribution < -0.4 is 5.73 Å². The summed E-state index contributed by atoms with van der Waals surface area (Å²) in [5.41, 5.74) is 8.53. The lowest BCUT2D eigenvalue weighted by molar-refractivity contribution is 1.10. The fourth-order valence-corrected chi connectivity index (χ4v) is 1.75. The summed E-state index contributed by atoms with van der Waals surface area (Å²) in [6.45, 7) is 2.11. The molecule has 2 heterocycles. The van der Waals surface area contributed by atoms with Gasteiger partial charge in [0, 0.05) is 11.6 Å². The monoisotopic (exact) mass is 205 g/mol. The summed E-state index contributed by atoms with van der Waals surface area (Å²) in [7, 11) is 0. The Morgan fingerprint density at radius 3 is 2.71 bits per heavy atom. The van der Waals surface area contributed by atoms with E-state index in [9.17, 15) is 0 Å². The zero-order chi connectivity index (χ0) is 9.97. The second kappa shape index (κ2) is 3.75. The lowest BCUT2D eigenvalue weighted by atomic mass is 10.2. The molecule has 0 aliphatic rings.